The van der Waals surface area contributed by atoms with Crippen LogP contribution in [0.2, 0.25) is 0 Å². The van der Waals surface area contributed by atoms with Gasteiger partial charge in [0, 0.05) is 5.39 Å². The van der Waals surface area contributed by atoms with Gasteiger partial charge in [-0.15, -0.1) is 0 Å². The number of rotatable bonds is 1. The molecular weight excluding hydrogens is 222 g/mol. The lowest BCUT2D eigenvalue weighted by Crippen LogP contribution is -1.74. The number of aryl methyl sites for hydroxylation is 1. The van der Waals surface area contributed by atoms with E-state index in [1.807, 2.05) is 25.1 Å². The predicted molar refractivity (Wildman–Crippen MR) is 63.7 cm³/mol. The maximum atomic E-state index is 5.66. The van der Waals surface area contributed by atoms with Crippen LogP contribution in [0.5, 0.6) is 0 Å². The van der Waals surface area contributed by atoms with E-state index in [0.717, 1.165) is 11.0 Å². The summed E-state index contributed by atoms with van der Waals surface area (Å²) in [5.74, 6) is 1.31. The van der Waals surface area contributed by atoms with Crippen LogP contribution in [0.1, 0.15) is 5.56 Å². The summed E-state index contributed by atoms with van der Waals surface area (Å²) in [6.45, 7) is 2.05. The minimum Gasteiger partial charge on any atom is -0.453 e. The van der Waals surface area contributed by atoms with E-state index in [1.165, 1.54) is 5.56 Å². The van der Waals surface area contributed by atoms with Crippen molar-refractivity contribution in [2.75, 3.05) is 0 Å². The molecule has 2 aromatic heterocycles. The molecule has 0 aliphatic carbocycles. The fraction of sp³-hybridized carbons (Fsp3) is 0.0909. The lowest BCUT2D eigenvalue weighted by atomic mass is 10.2. The van der Waals surface area contributed by atoms with Gasteiger partial charge in [-0.3, -0.25) is 10.2 Å². The zero-order chi connectivity index (χ0) is 11.1. The van der Waals surface area contributed by atoms with Crippen LogP contribution in [0, 0.1) is 11.7 Å². The summed E-state index contributed by atoms with van der Waals surface area (Å²) in [6, 6.07) is 7.99. The molecule has 2 N–H and O–H groups in total. The Bertz CT molecular complexity index is 707. The van der Waals surface area contributed by atoms with Gasteiger partial charge in [-0.05, 0) is 37.3 Å². The van der Waals surface area contributed by atoms with Crippen molar-refractivity contribution < 1.29 is 4.42 Å². The lowest BCUT2D eigenvalue weighted by molar-refractivity contribution is 0.625. The van der Waals surface area contributed by atoms with Crippen LogP contribution in [0.15, 0.2) is 28.7 Å². The number of H-pyrrole nitrogens is 2. The van der Waals surface area contributed by atoms with Crippen LogP contribution in [-0.4, -0.2) is 15.2 Å². The van der Waals surface area contributed by atoms with Gasteiger partial charge in [0.1, 0.15) is 5.58 Å². The van der Waals surface area contributed by atoms with Crippen LogP contribution in [0.3, 0.4) is 0 Å². The van der Waals surface area contributed by atoms with Crippen molar-refractivity contribution in [3.8, 4) is 11.6 Å². The number of hydrogen-bond acceptors (Lipinski definition) is 3. The van der Waals surface area contributed by atoms with E-state index in [0.29, 0.717) is 16.4 Å². The topological polar surface area (TPSA) is 57.6 Å². The first-order valence-corrected chi connectivity index (χ1v) is 5.28. The van der Waals surface area contributed by atoms with Crippen molar-refractivity contribution in [3.63, 3.8) is 0 Å². The average Bonchev–Trinajstić information content (AvgIpc) is 2.83. The van der Waals surface area contributed by atoms with Gasteiger partial charge in [0.05, 0.1) is 0 Å². The summed E-state index contributed by atoms with van der Waals surface area (Å²) in [5, 5.41) is 6.67. The molecule has 3 rings (SSSR count). The van der Waals surface area contributed by atoms with Crippen LogP contribution < -0.4 is 0 Å². The number of aromatic nitrogens is 3. The Morgan fingerprint density at radius 2 is 2.12 bits per heavy atom. The van der Waals surface area contributed by atoms with Gasteiger partial charge in [-0.2, -0.15) is 4.98 Å². The Labute approximate surface area is 96.3 Å². The molecule has 0 bridgehead atoms. The number of hydrogen-bond donors (Lipinski definition) is 2. The van der Waals surface area contributed by atoms with Gasteiger partial charge in [0.25, 0.3) is 0 Å². The zero-order valence-electron chi connectivity index (χ0n) is 8.57. The Balaban J connectivity index is 2.22. The highest BCUT2D eigenvalue weighted by Crippen LogP contribution is 2.25. The number of fused-ring (bicyclic) bond motifs is 1. The smallest absolute Gasteiger partial charge is 0.213 e. The summed E-state index contributed by atoms with van der Waals surface area (Å²) >= 11 is 4.89. The van der Waals surface area contributed by atoms with Crippen LogP contribution >= 0.6 is 12.2 Å². The quantitative estimate of drug-likeness (QED) is 0.632. The molecule has 0 amide bonds. The third kappa shape index (κ3) is 1.45. The summed E-state index contributed by atoms with van der Waals surface area (Å²) in [7, 11) is 0. The maximum Gasteiger partial charge on any atom is 0.213 e. The molecule has 4 nitrogen and oxygen atoms in total. The van der Waals surface area contributed by atoms with Crippen molar-refractivity contribution in [2.24, 2.45) is 0 Å². The fourth-order valence-corrected chi connectivity index (χ4v) is 1.81. The Morgan fingerprint density at radius 1 is 1.25 bits per heavy atom. The van der Waals surface area contributed by atoms with Crippen molar-refractivity contribution in [1.29, 1.82) is 0 Å². The molecule has 0 spiro atoms. The van der Waals surface area contributed by atoms with Crippen LogP contribution in [-0.2, 0) is 0 Å². The molecule has 16 heavy (non-hydrogen) atoms. The van der Waals surface area contributed by atoms with E-state index in [2.05, 4.69) is 21.2 Å². The average molecular weight is 231 g/mol. The molecule has 0 aliphatic rings. The second-order valence-corrected chi connectivity index (χ2v) is 4.05. The van der Waals surface area contributed by atoms with E-state index in [4.69, 9.17) is 16.6 Å². The first-order chi connectivity index (χ1) is 7.72. The number of nitrogens with zero attached hydrogens (tertiary/aromatic N) is 1. The third-order valence-corrected chi connectivity index (χ3v) is 2.60. The second-order valence-electron chi connectivity index (χ2n) is 3.67. The Morgan fingerprint density at radius 3 is 2.88 bits per heavy atom. The highest BCUT2D eigenvalue weighted by molar-refractivity contribution is 7.71. The highest BCUT2D eigenvalue weighted by Gasteiger charge is 2.08. The summed E-state index contributed by atoms with van der Waals surface area (Å²) in [6.07, 6.45) is 0. The second kappa shape index (κ2) is 3.31. The molecule has 1 aromatic carbocycles. The summed E-state index contributed by atoms with van der Waals surface area (Å²) < 4.78 is 6.09. The number of furan rings is 1. The van der Waals surface area contributed by atoms with E-state index >= 15 is 0 Å². The summed E-state index contributed by atoms with van der Waals surface area (Å²) in [5.41, 5.74) is 2.05. The van der Waals surface area contributed by atoms with Crippen LogP contribution in [0.4, 0.5) is 0 Å². The minimum atomic E-state index is 0.423. The molecule has 5 heteroatoms. The van der Waals surface area contributed by atoms with Gasteiger partial charge >= 0.3 is 0 Å². The minimum absolute atomic E-state index is 0.423. The molecular formula is C11H9N3OS. The molecule has 0 saturated heterocycles. The van der Waals surface area contributed by atoms with E-state index in [-0.39, 0.29) is 0 Å². The van der Waals surface area contributed by atoms with E-state index in [9.17, 15) is 0 Å². The number of nitrogens with one attached hydrogen (secondary N) is 2. The highest BCUT2D eigenvalue weighted by atomic mass is 32.1. The van der Waals surface area contributed by atoms with E-state index < -0.39 is 0 Å². The molecule has 0 fully saturated rings. The summed E-state index contributed by atoms with van der Waals surface area (Å²) in [4.78, 5) is 4.11. The first kappa shape index (κ1) is 9.35. The number of aromatic amines is 2. The van der Waals surface area contributed by atoms with Crippen molar-refractivity contribution in [1.82, 2.24) is 15.2 Å². The molecule has 0 atom stereocenters. The molecule has 0 radical (unpaired) electrons. The molecule has 0 aliphatic heterocycles. The number of benzene rings is 1. The normalized spacial score (nSPS) is 11.1. The van der Waals surface area contributed by atoms with Crippen molar-refractivity contribution >= 4 is 23.2 Å². The van der Waals surface area contributed by atoms with E-state index in [1.54, 1.807) is 0 Å². The van der Waals surface area contributed by atoms with Gasteiger partial charge in [-0.1, -0.05) is 11.6 Å². The molecule has 2 heterocycles. The van der Waals surface area contributed by atoms with Gasteiger partial charge in [-0.25, -0.2) is 0 Å². The SMILES string of the molecule is Cc1ccc2oc(-c3nc(=S)[nH][nH]3)cc2c1. The van der Waals surface area contributed by atoms with Crippen LogP contribution in [0.25, 0.3) is 22.6 Å². The maximum absolute atomic E-state index is 5.66. The Kier molecular flexibility index (Phi) is 1.94. The molecule has 0 unspecified atom stereocenters. The van der Waals surface area contributed by atoms with Gasteiger partial charge < -0.3 is 4.42 Å². The van der Waals surface area contributed by atoms with Crippen molar-refractivity contribution in [3.05, 3.63) is 34.6 Å². The third-order valence-electron chi connectivity index (χ3n) is 2.41. The standard InChI is InChI=1S/C11H9N3OS/c1-6-2-3-8-7(4-6)5-9(15-8)10-12-11(16)14-13-10/h2-5H,1H3,(H2,12,13,14,16). The van der Waals surface area contributed by atoms with Crippen molar-refractivity contribution in [2.45, 2.75) is 6.92 Å². The largest absolute Gasteiger partial charge is 0.453 e. The zero-order valence-corrected chi connectivity index (χ0v) is 9.39. The lowest BCUT2D eigenvalue weighted by Gasteiger charge is -1.89. The van der Waals surface area contributed by atoms with Gasteiger partial charge in [0.15, 0.2) is 11.6 Å². The molecule has 3 aromatic rings. The fourth-order valence-electron chi connectivity index (χ4n) is 1.67. The first-order valence-electron chi connectivity index (χ1n) is 4.87. The molecule has 0 saturated carbocycles. The monoisotopic (exact) mass is 231 g/mol. The predicted octanol–water partition coefficient (Wildman–Crippen LogP) is 3.19. The Hall–Kier alpha value is -1.88. The molecule has 80 valence electrons. The van der Waals surface area contributed by atoms with Gasteiger partial charge in [0.2, 0.25) is 4.77 Å².